The van der Waals surface area contributed by atoms with E-state index in [0.717, 1.165) is 0 Å². The van der Waals surface area contributed by atoms with Gasteiger partial charge in [0.05, 0.1) is 0 Å². The van der Waals surface area contributed by atoms with E-state index >= 15 is 0 Å². The first kappa shape index (κ1) is 10.7. The summed E-state index contributed by atoms with van der Waals surface area (Å²) >= 11 is 2.85. The number of alkyl halides is 1. The number of esters is 2. The number of hydrogen-bond acceptors (Lipinski definition) is 4. The van der Waals surface area contributed by atoms with Gasteiger partial charge in [-0.2, -0.15) is 0 Å². The van der Waals surface area contributed by atoms with Crippen LogP contribution in [0.15, 0.2) is 24.3 Å². The Morgan fingerprint density at radius 2 is 2.00 bits per heavy atom. The molecule has 1 rings (SSSR count). The van der Waals surface area contributed by atoms with E-state index in [-0.39, 0.29) is 16.6 Å². The van der Waals surface area contributed by atoms with E-state index in [1.54, 1.807) is 12.1 Å². The maximum atomic E-state index is 11.2. The van der Waals surface area contributed by atoms with Crippen LogP contribution in [0.2, 0.25) is 0 Å². The van der Waals surface area contributed by atoms with Gasteiger partial charge in [0.1, 0.15) is 16.6 Å². The molecule has 0 aliphatic carbocycles. The second-order valence-corrected chi connectivity index (χ2v) is 2.97. The van der Waals surface area contributed by atoms with Crippen LogP contribution in [0.3, 0.4) is 0 Å². The molecule has 0 fully saturated rings. The average molecular weight is 259 g/mol. The van der Waals surface area contributed by atoms with E-state index in [2.05, 4.69) is 20.7 Å². The number of phenolic OH excluding ortho intramolecular Hbond substituents is 1. The molecule has 14 heavy (non-hydrogen) atoms. The minimum atomic E-state index is -0.854. The lowest BCUT2D eigenvalue weighted by molar-refractivity contribution is -0.134. The molecule has 74 valence electrons. The van der Waals surface area contributed by atoms with Crippen LogP contribution in [-0.4, -0.2) is 22.4 Å². The van der Waals surface area contributed by atoms with Crippen LogP contribution in [0.5, 0.6) is 5.75 Å². The molecule has 1 aromatic rings. The second kappa shape index (κ2) is 4.76. The van der Waals surface area contributed by atoms with Crippen molar-refractivity contribution >= 4 is 27.9 Å². The molecule has 0 amide bonds. The minimum absolute atomic E-state index is 0.0261. The first-order valence-electron chi connectivity index (χ1n) is 3.74. The summed E-state index contributed by atoms with van der Waals surface area (Å²) in [7, 11) is 0. The maximum absolute atomic E-state index is 11.2. The topological polar surface area (TPSA) is 63.6 Å². The Morgan fingerprint density at radius 1 is 1.36 bits per heavy atom. The highest BCUT2D eigenvalue weighted by molar-refractivity contribution is 9.09. The van der Waals surface area contributed by atoms with Crippen LogP contribution in [0.25, 0.3) is 0 Å². The van der Waals surface area contributed by atoms with E-state index in [4.69, 9.17) is 0 Å². The zero-order valence-electron chi connectivity index (χ0n) is 7.07. The maximum Gasteiger partial charge on any atom is 0.349 e. The summed E-state index contributed by atoms with van der Waals surface area (Å²) in [6, 6.07) is 5.85. The van der Waals surface area contributed by atoms with Crippen LogP contribution >= 0.6 is 15.9 Å². The predicted octanol–water partition coefficient (Wildman–Crippen LogP) is 1.47. The van der Waals surface area contributed by atoms with Gasteiger partial charge in [0.15, 0.2) is 0 Å². The number of para-hydroxylation sites is 1. The van der Waals surface area contributed by atoms with Crippen LogP contribution in [0.1, 0.15) is 10.4 Å². The van der Waals surface area contributed by atoms with Gasteiger partial charge in [-0.15, -0.1) is 0 Å². The van der Waals surface area contributed by atoms with Crippen LogP contribution in [-0.2, 0) is 9.53 Å². The number of phenols is 1. The van der Waals surface area contributed by atoms with E-state index < -0.39 is 11.9 Å². The van der Waals surface area contributed by atoms with Crippen molar-refractivity contribution in [2.75, 3.05) is 5.33 Å². The number of rotatable bonds is 2. The van der Waals surface area contributed by atoms with Crippen LogP contribution < -0.4 is 0 Å². The normalized spacial score (nSPS) is 9.50. The number of carbonyl (C=O) groups is 2. The molecule has 0 unspecified atom stereocenters. The van der Waals surface area contributed by atoms with Crippen molar-refractivity contribution in [3.63, 3.8) is 0 Å². The fraction of sp³-hybridized carbons (Fsp3) is 0.111. The highest BCUT2D eigenvalue weighted by Crippen LogP contribution is 2.16. The lowest BCUT2D eigenvalue weighted by atomic mass is 10.2. The Hall–Kier alpha value is -1.36. The Bertz CT molecular complexity index is 362. The SMILES string of the molecule is O=C(CBr)OC(=O)c1ccccc1O. The van der Waals surface area contributed by atoms with Crippen molar-refractivity contribution in [1.29, 1.82) is 0 Å². The third kappa shape index (κ3) is 2.56. The largest absolute Gasteiger partial charge is 0.507 e. The zero-order valence-corrected chi connectivity index (χ0v) is 8.65. The molecular formula is C9H7BrO4. The molecule has 0 aliphatic rings. The smallest absolute Gasteiger partial charge is 0.349 e. The van der Waals surface area contributed by atoms with Crippen molar-refractivity contribution in [2.24, 2.45) is 0 Å². The molecule has 0 bridgehead atoms. The molecule has 0 saturated heterocycles. The van der Waals surface area contributed by atoms with Crippen molar-refractivity contribution in [3.8, 4) is 5.75 Å². The van der Waals surface area contributed by atoms with E-state index in [9.17, 15) is 14.7 Å². The number of hydrogen-bond donors (Lipinski definition) is 1. The fourth-order valence-electron chi connectivity index (χ4n) is 0.832. The van der Waals surface area contributed by atoms with Gasteiger partial charge in [-0.25, -0.2) is 4.79 Å². The third-order valence-corrected chi connectivity index (χ3v) is 1.90. The second-order valence-electron chi connectivity index (χ2n) is 2.41. The van der Waals surface area contributed by atoms with Crippen molar-refractivity contribution in [3.05, 3.63) is 29.8 Å². The molecule has 0 atom stereocenters. The predicted molar refractivity (Wildman–Crippen MR) is 52.3 cm³/mol. The number of ether oxygens (including phenoxy) is 1. The Balaban J connectivity index is 2.80. The van der Waals surface area contributed by atoms with Gasteiger partial charge in [0.2, 0.25) is 0 Å². The first-order chi connectivity index (χ1) is 6.65. The Morgan fingerprint density at radius 3 is 2.57 bits per heavy atom. The Kier molecular flexibility index (Phi) is 3.64. The molecule has 0 aliphatic heterocycles. The fourth-order valence-corrected chi connectivity index (χ4v) is 0.946. The summed E-state index contributed by atoms with van der Waals surface area (Å²) in [5, 5.41) is 9.18. The summed E-state index contributed by atoms with van der Waals surface area (Å²) in [6.07, 6.45) is 0. The number of benzene rings is 1. The van der Waals surface area contributed by atoms with E-state index in [0.29, 0.717) is 0 Å². The molecule has 5 heteroatoms. The monoisotopic (exact) mass is 258 g/mol. The first-order valence-corrected chi connectivity index (χ1v) is 4.86. The highest BCUT2D eigenvalue weighted by atomic mass is 79.9. The zero-order chi connectivity index (χ0) is 10.6. The van der Waals surface area contributed by atoms with Gasteiger partial charge in [-0.05, 0) is 12.1 Å². The lowest BCUT2D eigenvalue weighted by Gasteiger charge is -2.02. The number of carbonyl (C=O) groups excluding carboxylic acids is 2. The van der Waals surface area contributed by atoms with Gasteiger partial charge >= 0.3 is 11.9 Å². The third-order valence-electron chi connectivity index (χ3n) is 1.44. The minimum Gasteiger partial charge on any atom is -0.507 e. The van der Waals surface area contributed by atoms with E-state index in [1.165, 1.54) is 12.1 Å². The quantitative estimate of drug-likeness (QED) is 0.496. The van der Waals surface area contributed by atoms with Gasteiger partial charge < -0.3 is 9.84 Å². The number of halogens is 1. The van der Waals surface area contributed by atoms with Crippen LogP contribution in [0.4, 0.5) is 0 Å². The standard InChI is InChI=1S/C9H7BrO4/c10-5-8(12)14-9(13)6-3-1-2-4-7(6)11/h1-4,11H,5H2. The Labute approximate surface area is 88.6 Å². The summed E-state index contributed by atoms with van der Waals surface area (Å²) < 4.78 is 4.38. The average Bonchev–Trinajstić information content (AvgIpc) is 2.18. The lowest BCUT2D eigenvalue weighted by Crippen LogP contribution is -2.13. The van der Waals surface area contributed by atoms with Crippen molar-refractivity contribution < 1.29 is 19.4 Å². The van der Waals surface area contributed by atoms with Crippen LogP contribution in [0, 0.1) is 0 Å². The summed E-state index contributed by atoms with van der Waals surface area (Å²) in [5.74, 6) is -1.76. The molecule has 0 radical (unpaired) electrons. The van der Waals surface area contributed by atoms with Gasteiger partial charge in [-0.3, -0.25) is 4.79 Å². The van der Waals surface area contributed by atoms with E-state index in [1.807, 2.05) is 0 Å². The van der Waals surface area contributed by atoms with Crippen molar-refractivity contribution in [2.45, 2.75) is 0 Å². The van der Waals surface area contributed by atoms with Gasteiger partial charge in [0.25, 0.3) is 0 Å². The molecule has 1 N–H and O–H groups in total. The van der Waals surface area contributed by atoms with Crippen molar-refractivity contribution in [1.82, 2.24) is 0 Å². The molecule has 4 nitrogen and oxygen atoms in total. The molecular weight excluding hydrogens is 252 g/mol. The summed E-state index contributed by atoms with van der Waals surface area (Å²) in [5.41, 5.74) is -0.0261. The molecule has 0 heterocycles. The van der Waals surface area contributed by atoms with Gasteiger partial charge in [0, 0.05) is 0 Å². The van der Waals surface area contributed by atoms with Gasteiger partial charge in [-0.1, -0.05) is 28.1 Å². The summed E-state index contributed by atoms with van der Waals surface area (Å²) in [6.45, 7) is 0. The molecule has 0 saturated carbocycles. The molecule has 1 aromatic carbocycles. The molecule has 0 spiro atoms. The highest BCUT2D eigenvalue weighted by Gasteiger charge is 2.14. The number of aromatic hydroxyl groups is 1. The summed E-state index contributed by atoms with van der Waals surface area (Å²) in [4.78, 5) is 21.9. The molecule has 0 aromatic heterocycles.